The van der Waals surface area contributed by atoms with Gasteiger partial charge in [-0.3, -0.25) is 14.3 Å². The monoisotopic (exact) mass is 764 g/mol. The van der Waals surface area contributed by atoms with Crippen LogP contribution < -0.4 is 19.5 Å². The van der Waals surface area contributed by atoms with Gasteiger partial charge in [0.1, 0.15) is 17.2 Å². The Bertz CT molecular complexity index is 2170. The van der Waals surface area contributed by atoms with E-state index in [0.29, 0.717) is 5.75 Å². The maximum absolute atomic E-state index is 13.9. The third kappa shape index (κ3) is 11.1. The molecule has 0 fully saturated rings. The summed E-state index contributed by atoms with van der Waals surface area (Å²) in [5, 5.41) is 12.2. The maximum atomic E-state index is 13.9. The number of hydrogen-bond donors (Lipinski definition) is 3. The van der Waals surface area contributed by atoms with Crippen LogP contribution >= 0.6 is 0 Å². The first kappa shape index (κ1) is 40.9. The SMILES string of the molecule is CC(C)(C)CC(C)(C)c1ccc(Oc2ccc(NS(C)(=O)=O)cc2NC(=O)C(Oc2ccc(S(=O)(=O)c3ccc(O)cc3)cc2)C(=O)C(C)(C)C)cc1. The third-order valence-electron chi connectivity index (χ3n) is 8.13. The predicted octanol–water partition coefficient (Wildman–Crippen LogP) is 8.10. The van der Waals surface area contributed by atoms with Crippen LogP contribution in [0.1, 0.15) is 67.4 Å². The van der Waals surface area contributed by atoms with Crippen LogP contribution in [0.3, 0.4) is 0 Å². The van der Waals surface area contributed by atoms with Crippen molar-refractivity contribution in [2.45, 2.75) is 83.1 Å². The average molecular weight is 765 g/mol. The summed E-state index contributed by atoms with van der Waals surface area (Å²) in [7, 11) is -7.62. The minimum Gasteiger partial charge on any atom is -0.508 e. The van der Waals surface area contributed by atoms with Crippen LogP contribution in [0.5, 0.6) is 23.0 Å². The van der Waals surface area contributed by atoms with Gasteiger partial charge in [-0.15, -0.1) is 0 Å². The van der Waals surface area contributed by atoms with Crippen LogP contribution in [0.2, 0.25) is 0 Å². The summed E-state index contributed by atoms with van der Waals surface area (Å²) in [6, 6.07) is 22.3. The van der Waals surface area contributed by atoms with Gasteiger partial charge in [-0.05, 0) is 102 Å². The molecule has 0 saturated carbocycles. The summed E-state index contributed by atoms with van der Waals surface area (Å²) in [5.74, 6) is -0.845. The number of anilines is 2. The van der Waals surface area contributed by atoms with E-state index < -0.39 is 43.1 Å². The number of ketones is 1. The number of sulfone groups is 1. The number of Topliss-reactive ketones (excluding diaryl/α,β-unsaturated/α-hetero) is 1. The second-order valence-corrected chi connectivity index (χ2v) is 19.6. The molecule has 53 heavy (non-hydrogen) atoms. The first-order valence-corrected chi connectivity index (χ1v) is 20.3. The van der Waals surface area contributed by atoms with Crippen molar-refractivity contribution < 1.29 is 41.0 Å². The van der Waals surface area contributed by atoms with E-state index in [1.54, 1.807) is 20.8 Å². The number of benzene rings is 4. The molecule has 0 aliphatic rings. The van der Waals surface area contributed by atoms with Crippen molar-refractivity contribution in [2.24, 2.45) is 10.8 Å². The fraction of sp³-hybridized carbons (Fsp3) is 0.350. The molecule has 4 rings (SSSR count). The van der Waals surface area contributed by atoms with Crippen LogP contribution in [0, 0.1) is 10.8 Å². The second-order valence-electron chi connectivity index (χ2n) is 15.9. The number of sulfonamides is 1. The van der Waals surface area contributed by atoms with Gasteiger partial charge in [-0.1, -0.05) is 67.5 Å². The Labute approximate surface area is 312 Å². The van der Waals surface area contributed by atoms with Gasteiger partial charge >= 0.3 is 0 Å². The maximum Gasteiger partial charge on any atom is 0.273 e. The quantitative estimate of drug-likeness (QED) is 0.114. The van der Waals surface area contributed by atoms with Gasteiger partial charge < -0.3 is 19.9 Å². The van der Waals surface area contributed by atoms with E-state index in [4.69, 9.17) is 9.47 Å². The highest BCUT2D eigenvalue weighted by Gasteiger charge is 2.37. The van der Waals surface area contributed by atoms with Gasteiger partial charge in [-0.25, -0.2) is 16.8 Å². The standard InChI is InChI=1S/C40H48N2O9S2/c1-38(2,3)25-40(7,8)26-10-15-29(16-11-26)50-34-23-12-27(42-52(9,46)47)24-33(34)41-37(45)35(36(44)39(4,5)6)51-30-17-21-32(22-18-30)53(48,49)31-19-13-28(43)14-20-31/h10-24,35,42-43H,25H2,1-9H3,(H,41,45). The highest BCUT2D eigenvalue weighted by molar-refractivity contribution is 7.92. The molecule has 1 unspecified atom stereocenters. The zero-order chi connectivity index (χ0) is 39.6. The minimum absolute atomic E-state index is 0.0323. The summed E-state index contributed by atoms with van der Waals surface area (Å²) < 4.78 is 64.9. The zero-order valence-corrected chi connectivity index (χ0v) is 33.1. The molecule has 3 N–H and O–H groups in total. The first-order chi connectivity index (χ1) is 24.3. The molecule has 284 valence electrons. The number of phenolic OH excluding ortho intramolecular Hbond substituents is 1. The van der Waals surface area contributed by atoms with E-state index in [-0.39, 0.29) is 49.2 Å². The molecule has 0 aliphatic heterocycles. The number of carbonyl (C=O) groups excluding carboxylic acids is 2. The molecule has 0 spiro atoms. The summed E-state index contributed by atoms with van der Waals surface area (Å²) >= 11 is 0. The number of amides is 1. The lowest BCUT2D eigenvalue weighted by Gasteiger charge is -2.33. The van der Waals surface area contributed by atoms with Crippen LogP contribution in [0.15, 0.2) is 101 Å². The van der Waals surface area contributed by atoms with E-state index >= 15 is 0 Å². The molecular weight excluding hydrogens is 717 g/mol. The minimum atomic E-state index is -3.94. The Balaban J connectivity index is 1.65. The largest absolute Gasteiger partial charge is 0.508 e. The lowest BCUT2D eigenvalue weighted by Crippen LogP contribution is -2.45. The Morgan fingerprint density at radius 3 is 1.77 bits per heavy atom. The van der Waals surface area contributed by atoms with Crippen LogP contribution in [0.4, 0.5) is 11.4 Å². The number of rotatable bonds is 13. The van der Waals surface area contributed by atoms with Crippen molar-refractivity contribution in [1.29, 1.82) is 0 Å². The molecule has 4 aromatic carbocycles. The Kier molecular flexibility index (Phi) is 11.7. The van der Waals surface area contributed by atoms with Crippen LogP contribution in [-0.4, -0.2) is 46.0 Å². The Morgan fingerprint density at radius 2 is 1.26 bits per heavy atom. The lowest BCUT2D eigenvalue weighted by molar-refractivity contribution is -0.140. The number of ether oxygens (including phenoxy) is 2. The number of carbonyl (C=O) groups is 2. The summed E-state index contributed by atoms with van der Waals surface area (Å²) in [4.78, 5) is 27.5. The summed E-state index contributed by atoms with van der Waals surface area (Å²) in [6.45, 7) is 15.8. The lowest BCUT2D eigenvalue weighted by atomic mass is 9.72. The van der Waals surface area contributed by atoms with Crippen molar-refractivity contribution in [1.82, 2.24) is 0 Å². The molecule has 0 aromatic heterocycles. The molecule has 0 radical (unpaired) electrons. The zero-order valence-electron chi connectivity index (χ0n) is 31.5. The van der Waals surface area contributed by atoms with E-state index in [1.165, 1.54) is 66.7 Å². The first-order valence-electron chi connectivity index (χ1n) is 16.9. The fourth-order valence-corrected chi connectivity index (χ4v) is 7.75. The average Bonchev–Trinajstić information content (AvgIpc) is 3.03. The molecule has 4 aromatic rings. The smallest absolute Gasteiger partial charge is 0.273 e. The van der Waals surface area contributed by atoms with Crippen LogP contribution in [0.25, 0.3) is 0 Å². The topological polar surface area (TPSA) is 165 Å². The van der Waals surface area contributed by atoms with E-state index in [9.17, 15) is 31.5 Å². The molecule has 13 heteroatoms. The molecule has 0 aliphatic carbocycles. The highest BCUT2D eigenvalue weighted by atomic mass is 32.2. The molecule has 0 heterocycles. The number of phenols is 1. The molecule has 0 saturated heterocycles. The van der Waals surface area contributed by atoms with Gasteiger partial charge in [0.25, 0.3) is 5.91 Å². The van der Waals surface area contributed by atoms with E-state index in [0.717, 1.165) is 18.2 Å². The number of hydrogen-bond acceptors (Lipinski definition) is 9. The third-order valence-corrected chi connectivity index (χ3v) is 10.5. The van der Waals surface area contributed by atoms with Crippen molar-refractivity contribution in [3.8, 4) is 23.0 Å². The van der Waals surface area contributed by atoms with Crippen molar-refractivity contribution in [3.63, 3.8) is 0 Å². The van der Waals surface area contributed by atoms with Gasteiger partial charge in [0, 0.05) is 5.41 Å². The van der Waals surface area contributed by atoms with Crippen LogP contribution in [-0.2, 0) is 34.9 Å². The fourth-order valence-electron chi connectivity index (χ4n) is 5.94. The summed E-state index contributed by atoms with van der Waals surface area (Å²) in [6.07, 6.45) is 0.245. The molecule has 1 amide bonds. The second kappa shape index (κ2) is 15.2. The molecule has 0 bridgehead atoms. The van der Waals surface area contributed by atoms with Gasteiger partial charge in [-0.2, -0.15) is 0 Å². The number of nitrogens with one attached hydrogen (secondary N) is 2. The normalized spacial score (nSPS) is 13.2. The van der Waals surface area contributed by atoms with Crippen molar-refractivity contribution in [2.75, 3.05) is 16.3 Å². The molecular formula is C40H48N2O9S2. The highest BCUT2D eigenvalue weighted by Crippen LogP contribution is 2.38. The number of aromatic hydroxyl groups is 1. The molecule has 11 nitrogen and oxygen atoms in total. The molecule has 1 atom stereocenters. The summed E-state index contributed by atoms with van der Waals surface area (Å²) in [5.41, 5.74) is 0.289. The predicted molar refractivity (Wildman–Crippen MR) is 206 cm³/mol. The van der Waals surface area contributed by atoms with Gasteiger partial charge in [0.2, 0.25) is 26.0 Å². The Hall–Kier alpha value is -4.88. The van der Waals surface area contributed by atoms with Crippen molar-refractivity contribution >= 4 is 42.9 Å². The van der Waals surface area contributed by atoms with E-state index in [2.05, 4.69) is 44.7 Å². The van der Waals surface area contributed by atoms with E-state index in [1.807, 2.05) is 24.3 Å². The van der Waals surface area contributed by atoms with Crippen molar-refractivity contribution in [3.05, 3.63) is 96.6 Å². The van der Waals surface area contributed by atoms with Gasteiger partial charge in [0.15, 0.2) is 11.5 Å². The Morgan fingerprint density at radius 1 is 0.736 bits per heavy atom. The van der Waals surface area contributed by atoms with Gasteiger partial charge in [0.05, 0.1) is 27.4 Å².